The molecule has 0 bridgehead atoms. The fourth-order valence-corrected chi connectivity index (χ4v) is 4.47. The number of piperazine rings is 1. The van der Waals surface area contributed by atoms with E-state index in [0.29, 0.717) is 11.5 Å². The number of likely N-dealkylation sites (N-methyl/N-ethyl adjacent to an activating group) is 1. The van der Waals surface area contributed by atoms with Gasteiger partial charge in [0.1, 0.15) is 11.0 Å². The highest BCUT2D eigenvalue weighted by Crippen LogP contribution is 2.31. The number of imidazole rings is 1. The van der Waals surface area contributed by atoms with Gasteiger partial charge in [0, 0.05) is 52.0 Å². The first kappa shape index (κ1) is 20.6. The third kappa shape index (κ3) is 3.54. The number of benzene rings is 1. The minimum Gasteiger partial charge on any atom is -0.376 e. The van der Waals surface area contributed by atoms with Crippen molar-refractivity contribution in [3.05, 3.63) is 48.8 Å². The molecule has 1 aliphatic rings. The number of aromatic nitrogens is 6. The molecule has 0 spiro atoms. The number of fused-ring (bicyclic) bond motifs is 2. The van der Waals surface area contributed by atoms with Crippen LogP contribution in [-0.2, 0) is 0 Å². The van der Waals surface area contributed by atoms with E-state index in [4.69, 9.17) is 9.97 Å². The molecule has 0 aliphatic carbocycles. The van der Waals surface area contributed by atoms with E-state index in [1.807, 2.05) is 43.5 Å². The number of hydrogen-bond acceptors (Lipinski definition) is 7. The smallest absolute Gasteiger partial charge is 0.161 e. The fourth-order valence-electron chi connectivity index (χ4n) is 4.47. The molecule has 1 saturated heterocycles. The first-order valence-electron chi connectivity index (χ1n) is 11.5. The average molecular weight is 454 g/mol. The van der Waals surface area contributed by atoms with Crippen LogP contribution in [0.2, 0.25) is 0 Å². The first-order valence-corrected chi connectivity index (χ1v) is 11.5. The molecule has 5 aromatic rings. The lowest BCUT2D eigenvalue weighted by Crippen LogP contribution is -2.44. The van der Waals surface area contributed by atoms with Crippen molar-refractivity contribution in [1.29, 1.82) is 0 Å². The van der Waals surface area contributed by atoms with Crippen molar-refractivity contribution in [3.63, 3.8) is 0 Å². The predicted octanol–water partition coefficient (Wildman–Crippen LogP) is 3.38. The Bertz CT molecular complexity index is 1470. The molecule has 1 aliphatic heterocycles. The van der Waals surface area contributed by atoms with Gasteiger partial charge in [0.15, 0.2) is 11.5 Å². The van der Waals surface area contributed by atoms with Gasteiger partial charge < -0.3 is 19.7 Å². The van der Waals surface area contributed by atoms with Crippen molar-refractivity contribution >= 4 is 33.4 Å². The van der Waals surface area contributed by atoms with Gasteiger partial charge >= 0.3 is 0 Å². The van der Waals surface area contributed by atoms with Gasteiger partial charge in [-0.2, -0.15) is 5.10 Å². The van der Waals surface area contributed by atoms with Crippen molar-refractivity contribution in [1.82, 2.24) is 35.0 Å². The van der Waals surface area contributed by atoms with Gasteiger partial charge in [-0.1, -0.05) is 6.07 Å². The average Bonchev–Trinajstić information content (AvgIpc) is 3.48. The molecule has 0 unspecified atom stereocenters. The summed E-state index contributed by atoms with van der Waals surface area (Å²) in [5.41, 5.74) is 8.34. The maximum absolute atomic E-state index is 4.99. The molecular formula is C25H27N9. The molecule has 9 nitrogen and oxygen atoms in total. The third-order valence-electron chi connectivity index (χ3n) is 6.50. The van der Waals surface area contributed by atoms with Crippen molar-refractivity contribution < 1.29 is 0 Å². The maximum Gasteiger partial charge on any atom is 0.161 e. The summed E-state index contributed by atoms with van der Waals surface area (Å²) in [6.45, 7) is 4.09. The fraction of sp³-hybridized carbons (Fsp3) is 0.280. The molecule has 34 heavy (non-hydrogen) atoms. The molecule has 4 aromatic heterocycles. The Hall–Kier alpha value is -3.98. The molecule has 0 amide bonds. The Morgan fingerprint density at radius 3 is 2.59 bits per heavy atom. The van der Waals surface area contributed by atoms with Crippen molar-refractivity contribution in [2.75, 3.05) is 57.1 Å². The van der Waals surface area contributed by atoms with Crippen molar-refractivity contribution in [3.8, 4) is 22.8 Å². The maximum atomic E-state index is 4.99. The van der Waals surface area contributed by atoms with E-state index in [2.05, 4.69) is 61.3 Å². The molecule has 1 fully saturated rings. The number of para-hydroxylation sites is 1. The van der Waals surface area contributed by atoms with Crippen LogP contribution >= 0.6 is 0 Å². The second kappa shape index (κ2) is 8.11. The van der Waals surface area contributed by atoms with E-state index in [0.717, 1.165) is 70.9 Å². The van der Waals surface area contributed by atoms with Crippen molar-refractivity contribution in [2.24, 2.45) is 0 Å². The summed E-state index contributed by atoms with van der Waals surface area (Å²) in [6, 6.07) is 12.4. The monoisotopic (exact) mass is 453 g/mol. The van der Waals surface area contributed by atoms with Crippen LogP contribution in [-0.4, -0.2) is 82.4 Å². The van der Waals surface area contributed by atoms with Crippen LogP contribution in [0.3, 0.4) is 0 Å². The lowest BCUT2D eigenvalue weighted by Gasteiger charge is -2.34. The van der Waals surface area contributed by atoms with Crippen LogP contribution in [0.4, 0.5) is 11.4 Å². The topological polar surface area (TPSA) is 92.9 Å². The minimum absolute atomic E-state index is 0.715. The quantitative estimate of drug-likeness (QED) is 0.431. The van der Waals surface area contributed by atoms with Crippen LogP contribution < -0.4 is 9.80 Å². The first-order chi connectivity index (χ1) is 16.6. The largest absolute Gasteiger partial charge is 0.376 e. The Kier molecular flexibility index (Phi) is 4.91. The molecule has 0 atom stereocenters. The minimum atomic E-state index is 0.715. The third-order valence-corrected chi connectivity index (χ3v) is 6.50. The number of aromatic amines is 2. The summed E-state index contributed by atoms with van der Waals surface area (Å²) in [4.78, 5) is 24.6. The van der Waals surface area contributed by atoms with Gasteiger partial charge in [0.25, 0.3) is 0 Å². The Morgan fingerprint density at radius 1 is 0.912 bits per heavy atom. The number of pyridine rings is 2. The van der Waals surface area contributed by atoms with Gasteiger partial charge in [0.2, 0.25) is 0 Å². The molecule has 1 aromatic carbocycles. The number of hydrogen-bond donors (Lipinski definition) is 2. The highest BCUT2D eigenvalue weighted by Gasteiger charge is 2.20. The second-order valence-electron chi connectivity index (χ2n) is 9.04. The van der Waals surface area contributed by atoms with Gasteiger partial charge in [-0.15, -0.1) is 0 Å². The van der Waals surface area contributed by atoms with Crippen LogP contribution in [0.15, 0.2) is 48.8 Å². The van der Waals surface area contributed by atoms with E-state index < -0.39 is 0 Å². The molecule has 0 saturated carbocycles. The van der Waals surface area contributed by atoms with Gasteiger partial charge in [0.05, 0.1) is 34.3 Å². The van der Waals surface area contributed by atoms with E-state index in [1.54, 1.807) is 0 Å². The van der Waals surface area contributed by atoms with Crippen molar-refractivity contribution in [2.45, 2.75) is 0 Å². The number of rotatable bonds is 4. The molecule has 5 heterocycles. The highest BCUT2D eigenvalue weighted by molar-refractivity contribution is 5.95. The van der Waals surface area contributed by atoms with Crippen LogP contribution in [0, 0.1) is 0 Å². The lowest BCUT2D eigenvalue weighted by molar-refractivity contribution is 0.313. The van der Waals surface area contributed by atoms with E-state index in [9.17, 15) is 0 Å². The van der Waals surface area contributed by atoms with Crippen LogP contribution in [0.5, 0.6) is 0 Å². The Labute approximate surface area is 197 Å². The predicted molar refractivity (Wildman–Crippen MR) is 136 cm³/mol. The number of anilines is 2. The van der Waals surface area contributed by atoms with E-state index in [-0.39, 0.29) is 0 Å². The summed E-state index contributed by atoms with van der Waals surface area (Å²) in [5, 5.41) is 7.68. The molecule has 172 valence electrons. The van der Waals surface area contributed by atoms with Gasteiger partial charge in [-0.25, -0.2) is 9.97 Å². The molecule has 6 rings (SSSR count). The number of H-pyrrole nitrogens is 2. The van der Waals surface area contributed by atoms with Gasteiger partial charge in [-0.3, -0.25) is 10.1 Å². The van der Waals surface area contributed by atoms with E-state index >= 15 is 0 Å². The SMILES string of the molecule is CN1CCN(c2cccc3[nH]c(-c4n[nH]c5ccc(-c6cncc(N(C)C)c6)nc45)nc23)CC1. The zero-order valence-corrected chi connectivity index (χ0v) is 19.6. The Morgan fingerprint density at radius 2 is 1.76 bits per heavy atom. The number of nitrogens with one attached hydrogen (secondary N) is 2. The standard InChI is InChI=1S/C25H27N9/c1-32(2)17-13-16(14-26-15-17)18-7-8-20-23(27-18)24(31-30-20)25-28-19-5-4-6-21(22(19)29-25)34-11-9-33(3)10-12-34/h4-8,13-15H,9-12H2,1-3H3,(H,28,29)(H,30,31). The zero-order chi connectivity index (χ0) is 23.2. The highest BCUT2D eigenvalue weighted by atomic mass is 15.3. The van der Waals surface area contributed by atoms with E-state index in [1.165, 1.54) is 0 Å². The number of nitrogens with zero attached hydrogens (tertiary/aromatic N) is 7. The van der Waals surface area contributed by atoms with Gasteiger partial charge in [-0.05, 0) is 37.4 Å². The summed E-state index contributed by atoms with van der Waals surface area (Å²) in [5.74, 6) is 0.715. The molecule has 2 N–H and O–H groups in total. The zero-order valence-electron chi connectivity index (χ0n) is 19.6. The lowest BCUT2D eigenvalue weighted by atomic mass is 10.1. The normalized spacial score (nSPS) is 14.9. The summed E-state index contributed by atoms with van der Waals surface area (Å²) < 4.78 is 0. The molecular weight excluding hydrogens is 426 g/mol. The summed E-state index contributed by atoms with van der Waals surface area (Å²) >= 11 is 0. The summed E-state index contributed by atoms with van der Waals surface area (Å²) in [6.07, 6.45) is 3.68. The second-order valence-corrected chi connectivity index (χ2v) is 9.04. The molecule has 0 radical (unpaired) electrons. The summed E-state index contributed by atoms with van der Waals surface area (Å²) in [7, 11) is 6.18. The van der Waals surface area contributed by atoms with Crippen LogP contribution in [0.1, 0.15) is 0 Å². The Balaban J connectivity index is 1.42. The molecule has 9 heteroatoms. The van der Waals surface area contributed by atoms with Crippen LogP contribution in [0.25, 0.3) is 44.8 Å².